The van der Waals surface area contributed by atoms with Crippen LogP contribution in [0.4, 0.5) is 0 Å². The molecule has 0 fully saturated rings. The normalized spacial score (nSPS) is 29.5. The van der Waals surface area contributed by atoms with E-state index in [1.807, 2.05) is 0 Å². The lowest BCUT2D eigenvalue weighted by atomic mass is 9.99. The van der Waals surface area contributed by atoms with E-state index in [0.717, 1.165) is 24.0 Å². The fourth-order valence-electron chi connectivity index (χ4n) is 1.72. The van der Waals surface area contributed by atoms with E-state index in [2.05, 4.69) is 0 Å². The van der Waals surface area contributed by atoms with Crippen LogP contribution in [-0.4, -0.2) is 17.0 Å². The summed E-state index contributed by atoms with van der Waals surface area (Å²) in [5.41, 5.74) is 2.13. The van der Waals surface area contributed by atoms with Crippen molar-refractivity contribution < 1.29 is 9.90 Å². The van der Waals surface area contributed by atoms with Gasteiger partial charge in [-0.15, -0.1) is 0 Å². The number of hydrogen-bond donors (Lipinski definition) is 1. The van der Waals surface area contributed by atoms with Gasteiger partial charge in [-0.1, -0.05) is 11.6 Å². The summed E-state index contributed by atoms with van der Waals surface area (Å²) in [4.78, 5) is 10.9. The second kappa shape index (κ2) is 2.31. The molecule has 0 bridgehead atoms. The first-order valence-electron chi connectivity index (χ1n) is 3.88. The summed E-state index contributed by atoms with van der Waals surface area (Å²) in [5, 5.41) is 9.39. The summed E-state index contributed by atoms with van der Waals surface area (Å²) in [5.74, 6) is 0.165. The molecule has 0 radical (unpaired) electrons. The van der Waals surface area contributed by atoms with Crippen LogP contribution in [0.1, 0.15) is 19.3 Å². The molecule has 0 aromatic heterocycles. The number of rotatable bonds is 0. The summed E-state index contributed by atoms with van der Waals surface area (Å²) in [6.45, 7) is 0. The summed E-state index contributed by atoms with van der Waals surface area (Å²) in [7, 11) is 0. The minimum Gasteiger partial charge on any atom is -0.388 e. The SMILES string of the molecule is O=C1C=CC2=C(CCC2O)C1. The molecular formula is C9H10O2. The van der Waals surface area contributed by atoms with E-state index >= 15 is 0 Å². The first-order chi connectivity index (χ1) is 5.27. The number of hydrogen-bond acceptors (Lipinski definition) is 2. The summed E-state index contributed by atoms with van der Waals surface area (Å²) < 4.78 is 0. The van der Waals surface area contributed by atoms with Crippen molar-refractivity contribution in [3.8, 4) is 0 Å². The Morgan fingerprint density at radius 3 is 3.09 bits per heavy atom. The van der Waals surface area contributed by atoms with Crippen molar-refractivity contribution in [1.82, 2.24) is 0 Å². The third kappa shape index (κ3) is 1.03. The van der Waals surface area contributed by atoms with Crippen LogP contribution >= 0.6 is 0 Å². The summed E-state index contributed by atoms with van der Waals surface area (Å²) in [6.07, 6.45) is 5.23. The quantitative estimate of drug-likeness (QED) is 0.558. The third-order valence-corrected chi connectivity index (χ3v) is 2.32. The third-order valence-electron chi connectivity index (χ3n) is 2.32. The van der Waals surface area contributed by atoms with Crippen LogP contribution in [0.3, 0.4) is 0 Å². The fraction of sp³-hybridized carbons (Fsp3) is 0.444. The van der Waals surface area contributed by atoms with Crippen LogP contribution < -0.4 is 0 Å². The Bertz CT molecular complexity index is 261. The molecule has 0 saturated heterocycles. The van der Waals surface area contributed by atoms with Crippen molar-refractivity contribution in [1.29, 1.82) is 0 Å². The van der Waals surface area contributed by atoms with E-state index in [1.165, 1.54) is 0 Å². The minimum atomic E-state index is -0.311. The first kappa shape index (κ1) is 6.80. The average Bonchev–Trinajstić information content (AvgIpc) is 2.32. The van der Waals surface area contributed by atoms with E-state index in [4.69, 9.17) is 0 Å². The molecule has 2 rings (SSSR count). The van der Waals surface area contributed by atoms with Gasteiger partial charge < -0.3 is 5.11 Å². The maximum absolute atomic E-state index is 10.9. The van der Waals surface area contributed by atoms with Crippen LogP contribution in [0.25, 0.3) is 0 Å². The van der Waals surface area contributed by atoms with E-state index in [1.54, 1.807) is 12.2 Å². The Morgan fingerprint density at radius 1 is 1.45 bits per heavy atom. The van der Waals surface area contributed by atoms with Crippen LogP contribution in [0.15, 0.2) is 23.3 Å². The summed E-state index contributed by atoms with van der Waals surface area (Å²) in [6, 6.07) is 0. The van der Waals surface area contributed by atoms with Gasteiger partial charge in [-0.3, -0.25) is 4.79 Å². The number of carbonyl (C=O) groups is 1. The number of allylic oxidation sites excluding steroid dienone is 2. The van der Waals surface area contributed by atoms with Gasteiger partial charge in [0.05, 0.1) is 6.10 Å². The number of aliphatic hydroxyl groups is 1. The smallest absolute Gasteiger partial charge is 0.159 e. The molecule has 0 heterocycles. The van der Waals surface area contributed by atoms with Crippen LogP contribution in [0.5, 0.6) is 0 Å². The lowest BCUT2D eigenvalue weighted by Gasteiger charge is -2.08. The van der Waals surface area contributed by atoms with Crippen molar-refractivity contribution in [2.75, 3.05) is 0 Å². The molecule has 2 aliphatic rings. The van der Waals surface area contributed by atoms with Gasteiger partial charge in [-0.25, -0.2) is 0 Å². The monoisotopic (exact) mass is 150 g/mol. The van der Waals surface area contributed by atoms with Gasteiger partial charge in [-0.2, -0.15) is 0 Å². The fourth-order valence-corrected chi connectivity index (χ4v) is 1.72. The second-order valence-corrected chi connectivity index (χ2v) is 3.09. The Labute approximate surface area is 65.2 Å². The van der Waals surface area contributed by atoms with E-state index in [-0.39, 0.29) is 11.9 Å². The molecule has 0 aliphatic heterocycles. The van der Waals surface area contributed by atoms with Crippen molar-refractivity contribution in [2.24, 2.45) is 0 Å². The lowest BCUT2D eigenvalue weighted by Crippen LogP contribution is -2.07. The lowest BCUT2D eigenvalue weighted by molar-refractivity contribution is -0.114. The Hall–Kier alpha value is -0.890. The zero-order valence-corrected chi connectivity index (χ0v) is 6.21. The molecule has 0 aromatic rings. The molecule has 0 amide bonds. The standard InChI is InChI=1S/C9H10O2/c10-7-2-3-8-6(5-7)1-4-9(8)11/h2-3,9,11H,1,4-5H2. The molecule has 0 aromatic carbocycles. The molecule has 2 aliphatic carbocycles. The van der Waals surface area contributed by atoms with Gasteiger partial charge in [0.1, 0.15) is 0 Å². The Morgan fingerprint density at radius 2 is 2.27 bits per heavy atom. The molecule has 1 atom stereocenters. The maximum Gasteiger partial charge on any atom is 0.159 e. The Kier molecular flexibility index (Phi) is 1.43. The number of ketones is 1. The highest BCUT2D eigenvalue weighted by Gasteiger charge is 2.24. The van der Waals surface area contributed by atoms with Gasteiger partial charge >= 0.3 is 0 Å². The van der Waals surface area contributed by atoms with Crippen LogP contribution in [0.2, 0.25) is 0 Å². The summed E-state index contributed by atoms with van der Waals surface area (Å²) >= 11 is 0. The number of carbonyl (C=O) groups excluding carboxylic acids is 1. The van der Waals surface area contributed by atoms with Gasteiger partial charge in [-0.05, 0) is 24.5 Å². The van der Waals surface area contributed by atoms with Gasteiger partial charge in [0, 0.05) is 6.42 Å². The molecule has 0 saturated carbocycles. The van der Waals surface area contributed by atoms with Crippen molar-refractivity contribution in [2.45, 2.75) is 25.4 Å². The highest BCUT2D eigenvalue weighted by molar-refractivity contribution is 5.93. The van der Waals surface area contributed by atoms with Gasteiger partial charge in [0.25, 0.3) is 0 Å². The van der Waals surface area contributed by atoms with Crippen molar-refractivity contribution in [3.05, 3.63) is 23.3 Å². The molecule has 1 N–H and O–H groups in total. The largest absolute Gasteiger partial charge is 0.388 e. The number of aliphatic hydroxyl groups excluding tert-OH is 1. The topological polar surface area (TPSA) is 37.3 Å². The minimum absolute atomic E-state index is 0.165. The predicted molar refractivity (Wildman–Crippen MR) is 41.0 cm³/mol. The first-order valence-corrected chi connectivity index (χ1v) is 3.88. The van der Waals surface area contributed by atoms with Gasteiger partial charge in [0.15, 0.2) is 5.78 Å². The Balaban J connectivity index is 2.32. The zero-order valence-electron chi connectivity index (χ0n) is 6.21. The highest BCUT2D eigenvalue weighted by atomic mass is 16.3. The molecular weight excluding hydrogens is 140 g/mol. The maximum atomic E-state index is 10.9. The molecule has 1 unspecified atom stereocenters. The van der Waals surface area contributed by atoms with E-state index < -0.39 is 0 Å². The molecule has 2 heteroatoms. The predicted octanol–water partition coefficient (Wildman–Crippen LogP) is 0.967. The van der Waals surface area contributed by atoms with E-state index in [9.17, 15) is 9.90 Å². The zero-order chi connectivity index (χ0) is 7.84. The molecule has 11 heavy (non-hydrogen) atoms. The second-order valence-electron chi connectivity index (χ2n) is 3.09. The van der Waals surface area contributed by atoms with E-state index in [0.29, 0.717) is 6.42 Å². The van der Waals surface area contributed by atoms with Gasteiger partial charge in [0.2, 0.25) is 0 Å². The van der Waals surface area contributed by atoms with Crippen molar-refractivity contribution in [3.63, 3.8) is 0 Å². The average molecular weight is 150 g/mol. The van der Waals surface area contributed by atoms with Crippen LogP contribution in [0, 0.1) is 0 Å². The molecule has 0 spiro atoms. The highest BCUT2D eigenvalue weighted by Crippen LogP contribution is 2.32. The molecule has 2 nitrogen and oxygen atoms in total. The molecule has 58 valence electrons. The van der Waals surface area contributed by atoms with Crippen LogP contribution in [-0.2, 0) is 4.79 Å². The van der Waals surface area contributed by atoms with Crippen molar-refractivity contribution >= 4 is 5.78 Å².